The van der Waals surface area contributed by atoms with Gasteiger partial charge in [-0.25, -0.2) is 4.98 Å². The standard InChI is InChI=1S/C12H14BrN3OS/c1-7-9(14)4-15-12(11(7)13)16-5-10(17)8-2-3-18-6-8/h2-4,6,10,17H,5,14H2,1H3,(H,15,16). The van der Waals surface area contributed by atoms with Crippen molar-refractivity contribution in [3.8, 4) is 0 Å². The quantitative estimate of drug-likeness (QED) is 0.807. The topological polar surface area (TPSA) is 71.2 Å². The Labute approximate surface area is 118 Å². The molecule has 0 radical (unpaired) electrons. The normalized spacial score (nSPS) is 12.4. The van der Waals surface area contributed by atoms with Crippen LogP contribution in [0.3, 0.4) is 0 Å². The molecule has 6 heteroatoms. The SMILES string of the molecule is Cc1c(N)cnc(NCC(O)c2ccsc2)c1Br. The Balaban J connectivity index is 2.05. The van der Waals surface area contributed by atoms with Gasteiger partial charge >= 0.3 is 0 Å². The number of anilines is 2. The molecule has 1 atom stereocenters. The zero-order valence-corrected chi connectivity index (χ0v) is 12.3. The largest absolute Gasteiger partial charge is 0.397 e. The van der Waals surface area contributed by atoms with Crippen molar-refractivity contribution >= 4 is 38.8 Å². The zero-order valence-electron chi connectivity index (χ0n) is 9.85. The van der Waals surface area contributed by atoms with Crippen LogP contribution in [0.4, 0.5) is 11.5 Å². The zero-order chi connectivity index (χ0) is 13.1. The summed E-state index contributed by atoms with van der Waals surface area (Å²) in [5.74, 6) is 0.691. The number of aromatic nitrogens is 1. The predicted octanol–water partition coefficient (Wildman–Crippen LogP) is 2.94. The molecule has 4 nitrogen and oxygen atoms in total. The van der Waals surface area contributed by atoms with Crippen molar-refractivity contribution in [1.29, 1.82) is 0 Å². The molecule has 0 amide bonds. The molecule has 0 fully saturated rings. The van der Waals surface area contributed by atoms with E-state index in [1.807, 2.05) is 23.8 Å². The van der Waals surface area contributed by atoms with Gasteiger partial charge in [0.2, 0.25) is 0 Å². The summed E-state index contributed by atoms with van der Waals surface area (Å²) in [4.78, 5) is 4.20. The van der Waals surface area contributed by atoms with Gasteiger partial charge in [0.25, 0.3) is 0 Å². The number of thiophene rings is 1. The number of nitrogens with zero attached hydrogens (tertiary/aromatic N) is 1. The van der Waals surface area contributed by atoms with E-state index >= 15 is 0 Å². The molecule has 2 rings (SSSR count). The summed E-state index contributed by atoms with van der Waals surface area (Å²) in [7, 11) is 0. The van der Waals surface area contributed by atoms with Gasteiger partial charge in [0.1, 0.15) is 5.82 Å². The van der Waals surface area contributed by atoms with Crippen molar-refractivity contribution in [2.24, 2.45) is 0 Å². The molecule has 1 unspecified atom stereocenters. The average molecular weight is 328 g/mol. The molecular weight excluding hydrogens is 314 g/mol. The molecule has 0 spiro atoms. The van der Waals surface area contributed by atoms with Gasteiger partial charge in [0.15, 0.2) is 0 Å². The number of halogens is 1. The molecule has 2 aromatic heterocycles. The molecule has 0 bridgehead atoms. The maximum Gasteiger partial charge on any atom is 0.140 e. The van der Waals surface area contributed by atoms with E-state index in [1.165, 1.54) is 0 Å². The first-order valence-corrected chi connectivity index (χ1v) is 7.17. The van der Waals surface area contributed by atoms with E-state index in [9.17, 15) is 5.11 Å². The lowest BCUT2D eigenvalue weighted by Gasteiger charge is -2.13. The first-order chi connectivity index (χ1) is 8.59. The molecule has 18 heavy (non-hydrogen) atoms. The van der Waals surface area contributed by atoms with E-state index in [2.05, 4.69) is 26.2 Å². The predicted molar refractivity (Wildman–Crippen MR) is 78.9 cm³/mol. The van der Waals surface area contributed by atoms with E-state index in [0.717, 1.165) is 15.6 Å². The number of nitrogens with one attached hydrogen (secondary N) is 1. The second-order valence-corrected chi connectivity index (χ2v) is 5.53. The summed E-state index contributed by atoms with van der Waals surface area (Å²) < 4.78 is 0.833. The fourth-order valence-electron chi connectivity index (χ4n) is 1.49. The molecule has 0 aliphatic rings. The Morgan fingerprint density at radius 3 is 3.06 bits per heavy atom. The molecular formula is C12H14BrN3OS. The minimum Gasteiger partial charge on any atom is -0.397 e. The first kappa shape index (κ1) is 13.3. The van der Waals surface area contributed by atoms with Gasteiger partial charge in [-0.05, 0) is 50.8 Å². The van der Waals surface area contributed by atoms with Crippen molar-refractivity contribution in [1.82, 2.24) is 4.98 Å². The third-order valence-electron chi connectivity index (χ3n) is 2.69. The summed E-state index contributed by atoms with van der Waals surface area (Å²) in [6.07, 6.45) is 1.07. The highest BCUT2D eigenvalue weighted by molar-refractivity contribution is 9.10. The van der Waals surface area contributed by atoms with Crippen LogP contribution in [0.25, 0.3) is 0 Å². The van der Waals surface area contributed by atoms with E-state index in [4.69, 9.17) is 5.73 Å². The number of aliphatic hydroxyl groups is 1. The molecule has 2 aromatic rings. The van der Waals surface area contributed by atoms with E-state index in [0.29, 0.717) is 18.1 Å². The first-order valence-electron chi connectivity index (χ1n) is 5.44. The lowest BCUT2D eigenvalue weighted by Crippen LogP contribution is -2.13. The van der Waals surface area contributed by atoms with E-state index in [1.54, 1.807) is 17.5 Å². The van der Waals surface area contributed by atoms with Gasteiger partial charge in [0.05, 0.1) is 22.5 Å². The second kappa shape index (κ2) is 5.69. The molecule has 0 aliphatic heterocycles. The van der Waals surface area contributed by atoms with Crippen LogP contribution in [0, 0.1) is 6.92 Å². The number of nitrogen functional groups attached to an aromatic ring is 1. The summed E-state index contributed by atoms with van der Waals surface area (Å²) in [6.45, 7) is 2.33. The number of hydrogen-bond acceptors (Lipinski definition) is 5. The average Bonchev–Trinajstić information content (AvgIpc) is 2.89. The molecule has 0 saturated heterocycles. The van der Waals surface area contributed by atoms with Crippen molar-refractivity contribution in [2.75, 3.05) is 17.6 Å². The van der Waals surface area contributed by atoms with Crippen LogP contribution >= 0.6 is 27.3 Å². The summed E-state index contributed by atoms with van der Waals surface area (Å²) in [5, 5.41) is 17.0. The highest BCUT2D eigenvalue weighted by Gasteiger charge is 2.11. The van der Waals surface area contributed by atoms with Crippen LogP contribution in [0.1, 0.15) is 17.2 Å². The fourth-order valence-corrected chi connectivity index (χ4v) is 2.67. The van der Waals surface area contributed by atoms with E-state index < -0.39 is 6.10 Å². The molecule has 0 aliphatic carbocycles. The van der Waals surface area contributed by atoms with Gasteiger partial charge in [-0.2, -0.15) is 11.3 Å². The van der Waals surface area contributed by atoms with Crippen LogP contribution in [-0.4, -0.2) is 16.6 Å². The van der Waals surface area contributed by atoms with Gasteiger partial charge in [-0.1, -0.05) is 0 Å². The molecule has 2 heterocycles. The lowest BCUT2D eigenvalue weighted by molar-refractivity contribution is 0.192. The molecule has 0 saturated carbocycles. The smallest absolute Gasteiger partial charge is 0.140 e. The minimum atomic E-state index is -0.539. The van der Waals surface area contributed by atoms with E-state index in [-0.39, 0.29) is 0 Å². The van der Waals surface area contributed by atoms with Crippen molar-refractivity contribution in [3.63, 3.8) is 0 Å². The molecule has 0 aromatic carbocycles. The third kappa shape index (κ3) is 2.82. The van der Waals surface area contributed by atoms with Crippen LogP contribution in [0.5, 0.6) is 0 Å². The van der Waals surface area contributed by atoms with Crippen molar-refractivity contribution < 1.29 is 5.11 Å². The lowest BCUT2D eigenvalue weighted by atomic mass is 10.2. The van der Waals surface area contributed by atoms with Gasteiger partial charge in [-0.3, -0.25) is 0 Å². The van der Waals surface area contributed by atoms with Crippen LogP contribution < -0.4 is 11.1 Å². The number of pyridine rings is 1. The monoisotopic (exact) mass is 327 g/mol. The van der Waals surface area contributed by atoms with Crippen molar-refractivity contribution in [3.05, 3.63) is 38.6 Å². The number of aliphatic hydroxyl groups excluding tert-OH is 1. The maximum atomic E-state index is 9.96. The Hall–Kier alpha value is -1.11. The Morgan fingerprint density at radius 1 is 1.61 bits per heavy atom. The van der Waals surface area contributed by atoms with Crippen LogP contribution in [-0.2, 0) is 0 Å². The maximum absolute atomic E-state index is 9.96. The minimum absolute atomic E-state index is 0.408. The van der Waals surface area contributed by atoms with Gasteiger partial charge in [-0.15, -0.1) is 0 Å². The van der Waals surface area contributed by atoms with Crippen LogP contribution in [0.15, 0.2) is 27.5 Å². The second-order valence-electron chi connectivity index (χ2n) is 3.95. The highest BCUT2D eigenvalue weighted by Crippen LogP contribution is 2.28. The number of rotatable bonds is 4. The van der Waals surface area contributed by atoms with Gasteiger partial charge in [0, 0.05) is 6.54 Å². The highest BCUT2D eigenvalue weighted by atomic mass is 79.9. The third-order valence-corrected chi connectivity index (χ3v) is 4.37. The Kier molecular flexibility index (Phi) is 4.21. The summed E-state index contributed by atoms with van der Waals surface area (Å²) in [5.41, 5.74) is 8.25. The molecule has 96 valence electrons. The Bertz CT molecular complexity index is 530. The fraction of sp³-hybridized carbons (Fsp3) is 0.250. The van der Waals surface area contributed by atoms with Crippen LogP contribution in [0.2, 0.25) is 0 Å². The molecule has 4 N–H and O–H groups in total. The van der Waals surface area contributed by atoms with Crippen molar-refractivity contribution in [2.45, 2.75) is 13.0 Å². The van der Waals surface area contributed by atoms with Gasteiger partial charge < -0.3 is 16.2 Å². The number of nitrogens with two attached hydrogens (primary N) is 1. The number of hydrogen-bond donors (Lipinski definition) is 3. The Morgan fingerprint density at radius 2 is 2.39 bits per heavy atom. The summed E-state index contributed by atoms with van der Waals surface area (Å²) >= 11 is 5.01. The summed E-state index contributed by atoms with van der Waals surface area (Å²) in [6, 6.07) is 1.91.